The maximum Gasteiger partial charge on any atom is 0.573 e. The van der Waals surface area contributed by atoms with E-state index in [0.29, 0.717) is 31.0 Å². The van der Waals surface area contributed by atoms with Crippen molar-refractivity contribution in [2.75, 3.05) is 16.0 Å². The molecule has 0 spiro atoms. The van der Waals surface area contributed by atoms with E-state index in [1.54, 1.807) is 19.1 Å². The average molecular weight is 873 g/mol. The molecule has 0 aliphatic heterocycles. The minimum absolute atomic E-state index is 0.00239. The number of carbonyl (C=O) groups excluding carboxylic acids is 1. The van der Waals surface area contributed by atoms with Gasteiger partial charge in [-0.15, -0.1) is 26.3 Å². The first kappa shape index (κ1) is 44.9. The highest BCUT2D eigenvalue weighted by molar-refractivity contribution is 7.93. The summed E-state index contributed by atoms with van der Waals surface area (Å²) in [6.45, 7) is 4.83. The molecule has 0 saturated heterocycles. The van der Waals surface area contributed by atoms with Crippen LogP contribution in [-0.2, 0) is 50.5 Å². The summed E-state index contributed by atoms with van der Waals surface area (Å²) in [6, 6.07) is 11.7. The number of hydrogen-bond donors (Lipinski definition) is 4. The lowest BCUT2D eigenvalue weighted by Gasteiger charge is -2.25. The van der Waals surface area contributed by atoms with Gasteiger partial charge in [-0.1, -0.05) is 13.8 Å². The number of pyridine rings is 2. The van der Waals surface area contributed by atoms with E-state index in [0.717, 1.165) is 110 Å². The predicted molar refractivity (Wildman–Crippen MR) is 205 cm³/mol. The molecule has 1 amide bonds. The Labute approximate surface area is 337 Å². The zero-order chi connectivity index (χ0) is 43.0. The highest BCUT2D eigenvalue weighted by atomic mass is 32.2. The van der Waals surface area contributed by atoms with E-state index in [1.807, 2.05) is 0 Å². The molecule has 0 saturated carbocycles. The van der Waals surface area contributed by atoms with Gasteiger partial charge in [-0.3, -0.25) is 24.2 Å². The Morgan fingerprint density at radius 2 is 1.12 bits per heavy atom. The molecule has 4 aromatic rings. The second kappa shape index (κ2) is 18.8. The minimum atomic E-state index is -4.86. The van der Waals surface area contributed by atoms with Crippen molar-refractivity contribution < 1.29 is 57.4 Å². The zero-order valence-corrected chi connectivity index (χ0v) is 33.4. The van der Waals surface area contributed by atoms with Crippen LogP contribution in [0.1, 0.15) is 62.0 Å². The minimum Gasteiger partial charge on any atom is -0.406 e. The van der Waals surface area contributed by atoms with Crippen LogP contribution in [0.5, 0.6) is 11.5 Å². The van der Waals surface area contributed by atoms with Crippen molar-refractivity contribution in [2.45, 2.75) is 99.8 Å². The Bertz CT molecular complexity index is 2300. The molecule has 2 aliphatic carbocycles. The van der Waals surface area contributed by atoms with Gasteiger partial charge >= 0.3 is 12.7 Å². The van der Waals surface area contributed by atoms with Crippen molar-refractivity contribution in [3.8, 4) is 11.5 Å². The quantitative estimate of drug-likeness (QED) is 0.105. The fourth-order valence-electron chi connectivity index (χ4n) is 6.36. The van der Waals surface area contributed by atoms with Gasteiger partial charge in [0.2, 0.25) is 5.91 Å². The number of fused-ring (bicyclic) bond motifs is 2. The van der Waals surface area contributed by atoms with Gasteiger partial charge in [0, 0.05) is 42.7 Å². The maximum absolute atomic E-state index is 12.5. The number of halogens is 6. The highest BCUT2D eigenvalue weighted by Gasteiger charge is 2.32. The van der Waals surface area contributed by atoms with Crippen molar-refractivity contribution in [2.24, 2.45) is 0 Å². The molecule has 2 unspecified atom stereocenters. The number of aromatic nitrogens is 2. The van der Waals surface area contributed by atoms with Gasteiger partial charge < -0.3 is 20.1 Å². The first-order valence-electron chi connectivity index (χ1n) is 18.5. The van der Waals surface area contributed by atoms with E-state index >= 15 is 0 Å². The molecular formula is C38H42F6N6O7S2. The average Bonchev–Trinajstić information content (AvgIpc) is 3.16. The van der Waals surface area contributed by atoms with E-state index in [-0.39, 0.29) is 27.4 Å². The third-order valence-electron chi connectivity index (χ3n) is 9.13. The molecule has 2 aliphatic rings. The van der Waals surface area contributed by atoms with Gasteiger partial charge in [-0.2, -0.15) is 0 Å². The number of nitrogens with zero attached hydrogens (tertiary/aromatic N) is 2. The van der Waals surface area contributed by atoms with Gasteiger partial charge in [0.05, 0.1) is 33.6 Å². The molecule has 13 nitrogen and oxygen atoms in total. The summed E-state index contributed by atoms with van der Waals surface area (Å²) in [4.78, 5) is 19.9. The number of carbonyl (C=O) groups is 1. The summed E-state index contributed by atoms with van der Waals surface area (Å²) >= 11 is 0. The smallest absolute Gasteiger partial charge is 0.406 e. The van der Waals surface area contributed by atoms with Crippen LogP contribution in [-0.4, -0.2) is 64.1 Å². The van der Waals surface area contributed by atoms with Crippen LogP contribution in [0.2, 0.25) is 0 Å². The Morgan fingerprint density at radius 3 is 1.53 bits per heavy atom. The van der Waals surface area contributed by atoms with Crippen LogP contribution >= 0.6 is 0 Å². The van der Waals surface area contributed by atoms with Gasteiger partial charge in [-0.25, -0.2) is 16.8 Å². The van der Waals surface area contributed by atoms with E-state index < -0.39 is 44.3 Å². The number of benzene rings is 2. The van der Waals surface area contributed by atoms with Crippen molar-refractivity contribution in [3.05, 3.63) is 95.6 Å². The lowest BCUT2D eigenvalue weighted by atomic mass is 9.92. The van der Waals surface area contributed by atoms with Crippen LogP contribution in [0.4, 0.5) is 37.7 Å². The number of hydrogen-bond acceptors (Lipinski definition) is 10. The normalized spacial score (nSPS) is 16.7. The number of amides is 1. The molecule has 320 valence electrons. The van der Waals surface area contributed by atoms with E-state index in [2.05, 4.69) is 46.4 Å². The van der Waals surface area contributed by atoms with Crippen LogP contribution < -0.4 is 29.6 Å². The van der Waals surface area contributed by atoms with Crippen molar-refractivity contribution in [3.63, 3.8) is 0 Å². The fourth-order valence-corrected chi connectivity index (χ4v) is 8.43. The third kappa shape index (κ3) is 13.4. The molecule has 6 rings (SSSR count). The number of anilines is 2. The Balaban J connectivity index is 0.000000224. The summed E-state index contributed by atoms with van der Waals surface area (Å²) in [5.41, 5.74) is 4.18. The van der Waals surface area contributed by atoms with Crippen molar-refractivity contribution >= 4 is 37.3 Å². The van der Waals surface area contributed by atoms with Crippen LogP contribution in [0, 0.1) is 0 Å². The van der Waals surface area contributed by atoms with Crippen LogP contribution in [0.3, 0.4) is 0 Å². The number of sulfonamides is 2. The van der Waals surface area contributed by atoms with Crippen LogP contribution in [0.15, 0.2) is 82.8 Å². The van der Waals surface area contributed by atoms with E-state index in [4.69, 9.17) is 0 Å². The topological polar surface area (TPSA) is 178 Å². The number of rotatable bonds is 13. The Morgan fingerprint density at radius 1 is 0.695 bits per heavy atom. The molecule has 59 heavy (non-hydrogen) atoms. The van der Waals surface area contributed by atoms with Crippen molar-refractivity contribution in [1.82, 2.24) is 20.6 Å². The van der Waals surface area contributed by atoms with E-state index in [9.17, 15) is 48.0 Å². The molecule has 21 heteroatoms. The largest absolute Gasteiger partial charge is 0.573 e. The number of aryl methyl sites for hydroxylation is 2. The maximum atomic E-state index is 12.5. The molecule has 4 N–H and O–H groups in total. The molecule has 2 aromatic heterocycles. The van der Waals surface area contributed by atoms with Crippen molar-refractivity contribution in [1.29, 1.82) is 0 Å². The monoisotopic (exact) mass is 872 g/mol. The lowest BCUT2D eigenvalue weighted by Crippen LogP contribution is -2.38. The number of alkyl halides is 6. The molecule has 0 radical (unpaired) electrons. The number of nitrogens with one attached hydrogen (secondary N) is 4. The van der Waals surface area contributed by atoms with Gasteiger partial charge in [0.1, 0.15) is 11.5 Å². The Hall–Kier alpha value is -5.15. The summed E-state index contributed by atoms with van der Waals surface area (Å²) < 4.78 is 136. The summed E-state index contributed by atoms with van der Waals surface area (Å²) in [5.74, 6) is -1.03. The molecule has 0 bridgehead atoms. The predicted octanol–water partition coefficient (Wildman–Crippen LogP) is 6.80. The fraction of sp³-hybridized carbons (Fsp3) is 0.395. The second-order valence-corrected chi connectivity index (χ2v) is 17.0. The highest BCUT2D eigenvalue weighted by Crippen LogP contribution is 2.29. The standard InChI is InChI=1S/C19H20F3N3O4S.C19H22F3N3O3S/c1-2-18(26)24-13-4-3-12-9-14(11-23-17(12)10-13)25-30(27,28)16-7-5-15(6-8-16)29-19(20,21)22;1-2-9-23-14-4-3-13-10-15(12-24-18(13)11-14)25-29(26,27)17-7-5-16(6-8-17)28-19(20,21)22/h5-9,11,13,25H,2-4,10H2,1H3,(H,24,26);5-8,10,12,14,23,25H,2-4,9,11H2,1H3. The van der Waals surface area contributed by atoms with Gasteiger partial charge in [0.15, 0.2) is 0 Å². The molecule has 2 atom stereocenters. The number of ether oxygens (including phenoxy) is 2. The molecule has 0 fully saturated rings. The van der Waals surface area contributed by atoms with Gasteiger partial charge in [0.25, 0.3) is 20.0 Å². The molecule has 2 aromatic carbocycles. The SMILES string of the molecule is CCC(=O)NC1CCc2cc(NS(=O)(=O)c3ccc(OC(F)(F)F)cc3)cnc2C1.CCCNC1CCc2cc(NS(=O)(=O)c3ccc(OC(F)(F)F)cc3)cnc2C1. The van der Waals surface area contributed by atoms with Gasteiger partial charge in [-0.05, 0) is 110 Å². The third-order valence-corrected chi connectivity index (χ3v) is 11.9. The first-order valence-corrected chi connectivity index (χ1v) is 21.4. The molecular weight excluding hydrogens is 831 g/mol. The Kier molecular flexibility index (Phi) is 14.3. The van der Waals surface area contributed by atoms with E-state index in [1.165, 1.54) is 12.4 Å². The zero-order valence-electron chi connectivity index (χ0n) is 31.8. The summed E-state index contributed by atoms with van der Waals surface area (Å²) in [6.07, 6.45) is -0.938. The second-order valence-electron chi connectivity index (χ2n) is 13.7. The molecule has 2 heterocycles. The van der Waals surface area contributed by atoms with Crippen LogP contribution in [0.25, 0.3) is 0 Å². The summed E-state index contributed by atoms with van der Waals surface area (Å²) in [7, 11) is -7.98. The lowest BCUT2D eigenvalue weighted by molar-refractivity contribution is -0.275. The summed E-state index contributed by atoms with van der Waals surface area (Å²) in [5, 5.41) is 6.40. The first-order chi connectivity index (χ1) is 27.7.